The molecule has 0 aliphatic carbocycles. The Kier molecular flexibility index (Phi) is 7.13. The van der Waals surface area contributed by atoms with Crippen molar-refractivity contribution in [1.29, 1.82) is 0 Å². The Morgan fingerprint density at radius 2 is 2.00 bits per heavy atom. The Morgan fingerprint density at radius 1 is 1.32 bits per heavy atom. The lowest BCUT2D eigenvalue weighted by Gasteiger charge is -2.37. The van der Waals surface area contributed by atoms with Crippen molar-refractivity contribution in [1.82, 2.24) is 15.5 Å². The van der Waals surface area contributed by atoms with Gasteiger partial charge in [0.05, 0.1) is 6.04 Å². The maximum absolute atomic E-state index is 12.3. The lowest BCUT2D eigenvalue weighted by molar-refractivity contribution is -0.122. The van der Waals surface area contributed by atoms with E-state index in [-0.39, 0.29) is 24.1 Å². The van der Waals surface area contributed by atoms with Gasteiger partial charge in [-0.25, -0.2) is 4.79 Å². The van der Waals surface area contributed by atoms with Crippen LogP contribution in [-0.2, 0) is 9.53 Å². The minimum atomic E-state index is -0.485. The minimum absolute atomic E-state index is 0.0119. The van der Waals surface area contributed by atoms with Gasteiger partial charge in [-0.1, -0.05) is 0 Å². The molecule has 2 atom stereocenters. The van der Waals surface area contributed by atoms with Crippen LogP contribution in [0.2, 0.25) is 0 Å². The molecule has 1 rings (SSSR count). The van der Waals surface area contributed by atoms with Crippen LogP contribution < -0.4 is 10.6 Å². The molecule has 0 aromatic heterocycles. The van der Waals surface area contributed by atoms with Crippen LogP contribution in [0, 0.1) is 0 Å². The lowest BCUT2D eigenvalue weighted by Crippen LogP contribution is -2.53. The van der Waals surface area contributed by atoms with E-state index in [0.717, 1.165) is 25.8 Å². The van der Waals surface area contributed by atoms with Gasteiger partial charge in [0.15, 0.2) is 0 Å². The normalized spacial score (nSPS) is 20.4. The molecule has 0 saturated carbocycles. The van der Waals surface area contributed by atoms with Crippen molar-refractivity contribution in [2.45, 2.75) is 71.6 Å². The van der Waals surface area contributed by atoms with Gasteiger partial charge in [0, 0.05) is 25.7 Å². The Hall–Kier alpha value is -1.30. The van der Waals surface area contributed by atoms with E-state index in [1.54, 1.807) is 4.90 Å². The second kappa shape index (κ2) is 8.36. The van der Waals surface area contributed by atoms with E-state index < -0.39 is 5.60 Å². The molecule has 6 nitrogen and oxygen atoms in total. The highest BCUT2D eigenvalue weighted by Gasteiger charge is 2.30. The Balaban J connectivity index is 2.55. The van der Waals surface area contributed by atoms with Crippen molar-refractivity contribution in [2.75, 3.05) is 19.6 Å². The van der Waals surface area contributed by atoms with Crippen molar-refractivity contribution in [2.24, 2.45) is 0 Å². The van der Waals surface area contributed by atoms with Crippen LogP contribution in [0.3, 0.4) is 0 Å². The van der Waals surface area contributed by atoms with Crippen molar-refractivity contribution in [3.8, 4) is 0 Å². The van der Waals surface area contributed by atoms with Gasteiger partial charge in [-0.05, 0) is 53.9 Å². The number of carbonyl (C=O) groups excluding carboxylic acids is 2. The van der Waals surface area contributed by atoms with Gasteiger partial charge in [0.2, 0.25) is 5.91 Å². The molecule has 0 bridgehead atoms. The number of hydrogen-bond acceptors (Lipinski definition) is 4. The number of nitrogens with one attached hydrogen (secondary N) is 2. The SMILES string of the molecule is CCNC(=O)C(C)NCC1CCCCN1C(=O)OC(C)(C)C. The fraction of sp³-hybridized carbons (Fsp3) is 0.875. The number of piperidine rings is 1. The summed E-state index contributed by atoms with van der Waals surface area (Å²) < 4.78 is 5.48. The molecular weight excluding hydrogens is 282 g/mol. The number of amides is 2. The van der Waals surface area contributed by atoms with Crippen LogP contribution in [0.15, 0.2) is 0 Å². The molecule has 1 aliphatic heterocycles. The van der Waals surface area contributed by atoms with Crippen molar-refractivity contribution in [3.63, 3.8) is 0 Å². The van der Waals surface area contributed by atoms with Crippen LogP contribution in [0.1, 0.15) is 53.9 Å². The summed E-state index contributed by atoms with van der Waals surface area (Å²) in [7, 11) is 0. The number of nitrogens with zero attached hydrogens (tertiary/aromatic N) is 1. The van der Waals surface area contributed by atoms with Gasteiger partial charge in [-0.15, -0.1) is 0 Å². The maximum Gasteiger partial charge on any atom is 0.410 e. The van der Waals surface area contributed by atoms with E-state index in [9.17, 15) is 9.59 Å². The van der Waals surface area contributed by atoms with Crippen LogP contribution in [-0.4, -0.2) is 54.2 Å². The standard InChI is InChI=1S/C16H31N3O3/c1-6-17-14(20)12(2)18-11-13-9-7-8-10-19(13)15(21)22-16(3,4)5/h12-13,18H,6-11H2,1-5H3,(H,17,20). The highest BCUT2D eigenvalue weighted by molar-refractivity contribution is 5.81. The van der Waals surface area contributed by atoms with E-state index in [4.69, 9.17) is 4.74 Å². The smallest absolute Gasteiger partial charge is 0.410 e. The zero-order valence-corrected chi connectivity index (χ0v) is 14.6. The highest BCUT2D eigenvalue weighted by Crippen LogP contribution is 2.20. The quantitative estimate of drug-likeness (QED) is 0.813. The topological polar surface area (TPSA) is 70.7 Å². The van der Waals surface area contributed by atoms with Crippen LogP contribution in [0.5, 0.6) is 0 Å². The summed E-state index contributed by atoms with van der Waals surface area (Å²) in [6.07, 6.45) is 2.78. The van der Waals surface area contributed by atoms with Gasteiger partial charge in [0.25, 0.3) is 0 Å². The largest absolute Gasteiger partial charge is 0.444 e. The van der Waals surface area contributed by atoms with Gasteiger partial charge in [-0.2, -0.15) is 0 Å². The van der Waals surface area contributed by atoms with Crippen molar-refractivity contribution >= 4 is 12.0 Å². The third-order valence-electron chi connectivity index (χ3n) is 3.66. The maximum atomic E-state index is 12.3. The molecule has 0 radical (unpaired) electrons. The number of likely N-dealkylation sites (tertiary alicyclic amines) is 1. The Morgan fingerprint density at radius 3 is 2.59 bits per heavy atom. The van der Waals surface area contributed by atoms with Gasteiger partial charge < -0.3 is 20.3 Å². The number of carbonyl (C=O) groups is 2. The fourth-order valence-electron chi connectivity index (χ4n) is 2.51. The third kappa shape index (κ3) is 6.22. The van der Waals surface area contributed by atoms with Crippen LogP contribution >= 0.6 is 0 Å². The molecule has 0 aromatic carbocycles. The molecule has 1 saturated heterocycles. The molecule has 1 fully saturated rings. The Labute approximate surface area is 134 Å². The monoisotopic (exact) mass is 313 g/mol. The number of hydrogen-bond donors (Lipinski definition) is 2. The summed E-state index contributed by atoms with van der Waals surface area (Å²) in [5.74, 6) is -0.0119. The molecule has 6 heteroatoms. The van der Waals surface area contributed by atoms with E-state index in [0.29, 0.717) is 13.1 Å². The first-order valence-electron chi connectivity index (χ1n) is 8.25. The van der Waals surface area contributed by atoms with Gasteiger partial charge in [-0.3, -0.25) is 4.79 Å². The Bertz CT molecular complexity index is 379. The number of rotatable bonds is 5. The second-order valence-corrected chi connectivity index (χ2v) is 6.85. The molecule has 2 unspecified atom stereocenters. The molecular formula is C16H31N3O3. The molecule has 1 heterocycles. The summed E-state index contributed by atoms with van der Waals surface area (Å²) in [5.41, 5.74) is -0.485. The second-order valence-electron chi connectivity index (χ2n) is 6.85. The van der Waals surface area contributed by atoms with Gasteiger partial charge >= 0.3 is 6.09 Å². The van der Waals surface area contributed by atoms with Crippen LogP contribution in [0.4, 0.5) is 4.79 Å². The molecule has 2 amide bonds. The average molecular weight is 313 g/mol. The zero-order chi connectivity index (χ0) is 16.8. The first-order chi connectivity index (χ1) is 10.2. The third-order valence-corrected chi connectivity index (χ3v) is 3.66. The van der Waals surface area contributed by atoms with Crippen molar-refractivity contribution < 1.29 is 14.3 Å². The summed E-state index contributed by atoms with van der Waals surface area (Å²) in [5, 5.41) is 6.01. The molecule has 1 aliphatic rings. The molecule has 128 valence electrons. The van der Waals surface area contributed by atoms with E-state index in [1.807, 2.05) is 34.6 Å². The predicted molar refractivity (Wildman–Crippen MR) is 86.7 cm³/mol. The zero-order valence-electron chi connectivity index (χ0n) is 14.6. The summed E-state index contributed by atoms with van der Waals surface area (Å²) >= 11 is 0. The predicted octanol–water partition coefficient (Wildman–Crippen LogP) is 1.89. The first-order valence-corrected chi connectivity index (χ1v) is 8.25. The summed E-state index contributed by atoms with van der Waals surface area (Å²) in [6.45, 7) is 11.3. The van der Waals surface area contributed by atoms with E-state index >= 15 is 0 Å². The lowest BCUT2D eigenvalue weighted by atomic mass is 10.0. The van der Waals surface area contributed by atoms with E-state index in [1.165, 1.54) is 0 Å². The number of ether oxygens (including phenoxy) is 1. The average Bonchev–Trinajstić information content (AvgIpc) is 2.43. The van der Waals surface area contributed by atoms with Crippen LogP contribution in [0.25, 0.3) is 0 Å². The van der Waals surface area contributed by atoms with E-state index in [2.05, 4.69) is 10.6 Å². The minimum Gasteiger partial charge on any atom is -0.444 e. The molecule has 22 heavy (non-hydrogen) atoms. The van der Waals surface area contributed by atoms with Gasteiger partial charge in [0.1, 0.15) is 5.60 Å². The highest BCUT2D eigenvalue weighted by atomic mass is 16.6. The molecule has 0 aromatic rings. The number of likely N-dealkylation sites (N-methyl/N-ethyl adjacent to an activating group) is 1. The molecule has 0 spiro atoms. The first kappa shape index (κ1) is 18.7. The fourth-order valence-corrected chi connectivity index (χ4v) is 2.51. The summed E-state index contributed by atoms with van der Waals surface area (Å²) in [4.78, 5) is 25.8. The summed E-state index contributed by atoms with van der Waals surface area (Å²) in [6, 6.07) is -0.178. The molecule has 2 N–H and O–H groups in total. The van der Waals surface area contributed by atoms with Crippen molar-refractivity contribution in [3.05, 3.63) is 0 Å².